The molecule has 0 radical (unpaired) electrons. The van der Waals surface area contributed by atoms with Crippen LogP contribution in [-0.2, 0) is 9.53 Å². The molecule has 0 aromatic carbocycles. The van der Waals surface area contributed by atoms with Gasteiger partial charge in [-0.1, -0.05) is 26.7 Å². The first kappa shape index (κ1) is 12.4. The van der Waals surface area contributed by atoms with Gasteiger partial charge < -0.3 is 9.84 Å². The van der Waals surface area contributed by atoms with E-state index in [9.17, 15) is 9.90 Å². The van der Waals surface area contributed by atoms with Crippen LogP contribution in [0.3, 0.4) is 0 Å². The molecule has 2 aliphatic rings. The van der Waals surface area contributed by atoms with Gasteiger partial charge in [0.25, 0.3) is 0 Å². The first-order chi connectivity index (χ1) is 7.64. The Balaban J connectivity index is 2.52. The highest BCUT2D eigenvalue weighted by atomic mass is 16.7. The number of terminal acetylenes is 1. The van der Waals surface area contributed by atoms with Crippen LogP contribution in [0.2, 0.25) is 0 Å². The normalized spacial score (nSPS) is 46.6. The van der Waals surface area contributed by atoms with E-state index in [0.29, 0.717) is 6.42 Å². The van der Waals surface area contributed by atoms with Crippen molar-refractivity contribution in [2.45, 2.75) is 52.7 Å². The molecule has 2 rings (SSSR count). The minimum absolute atomic E-state index is 0.237. The Labute approximate surface area is 103 Å². The Morgan fingerprint density at radius 2 is 1.94 bits per heavy atom. The van der Waals surface area contributed by atoms with E-state index in [1.54, 1.807) is 0 Å². The smallest absolute Gasteiger partial charge is 0.305 e. The fraction of sp³-hybridized carbons (Fsp3) is 0.786. The molecule has 3 nitrogen and oxygen atoms in total. The monoisotopic (exact) mass is 236 g/mol. The Morgan fingerprint density at radius 3 is 2.35 bits per heavy atom. The number of fused-ring (bicyclic) bond motifs is 2. The van der Waals surface area contributed by atoms with Gasteiger partial charge in [0, 0.05) is 24.2 Å². The SMILES string of the molecule is C#C[C@]12CC[C@](C)(C1(C)C)[C@](O)(OC(C)=O)C2. The fourth-order valence-electron chi connectivity index (χ4n) is 3.90. The molecule has 17 heavy (non-hydrogen) atoms. The average Bonchev–Trinajstić information content (AvgIpc) is 2.45. The molecule has 2 aliphatic carbocycles. The van der Waals surface area contributed by atoms with E-state index in [-0.39, 0.29) is 10.8 Å². The van der Waals surface area contributed by atoms with Gasteiger partial charge in [0.15, 0.2) is 0 Å². The predicted molar refractivity (Wildman–Crippen MR) is 63.7 cm³/mol. The van der Waals surface area contributed by atoms with Crippen LogP contribution in [0, 0.1) is 28.6 Å². The molecule has 0 unspecified atom stereocenters. The highest BCUT2D eigenvalue weighted by Gasteiger charge is 2.76. The van der Waals surface area contributed by atoms with Gasteiger partial charge in [-0.15, -0.1) is 6.42 Å². The van der Waals surface area contributed by atoms with E-state index in [4.69, 9.17) is 11.2 Å². The largest absolute Gasteiger partial charge is 0.433 e. The van der Waals surface area contributed by atoms with Crippen molar-refractivity contribution in [1.82, 2.24) is 0 Å². The van der Waals surface area contributed by atoms with Crippen LogP contribution in [-0.4, -0.2) is 16.9 Å². The number of rotatable bonds is 1. The molecule has 0 spiro atoms. The maximum Gasteiger partial charge on any atom is 0.305 e. The van der Waals surface area contributed by atoms with Crippen LogP contribution in [0.1, 0.15) is 47.0 Å². The van der Waals surface area contributed by atoms with E-state index >= 15 is 0 Å². The second-order valence-corrected chi connectivity index (χ2v) is 6.24. The molecule has 3 heteroatoms. The molecule has 1 N–H and O–H groups in total. The Bertz CT molecular complexity index is 420. The van der Waals surface area contributed by atoms with Gasteiger partial charge in [-0.25, -0.2) is 0 Å². The van der Waals surface area contributed by atoms with Gasteiger partial charge in [0.2, 0.25) is 5.79 Å². The number of esters is 1. The summed E-state index contributed by atoms with van der Waals surface area (Å²) in [6, 6.07) is 0. The highest BCUT2D eigenvalue weighted by Crippen LogP contribution is 2.75. The van der Waals surface area contributed by atoms with E-state index in [1.807, 2.05) is 6.92 Å². The maximum absolute atomic E-state index is 11.2. The van der Waals surface area contributed by atoms with Crippen LogP contribution in [0.15, 0.2) is 0 Å². The molecule has 94 valence electrons. The van der Waals surface area contributed by atoms with Gasteiger partial charge in [0.1, 0.15) is 0 Å². The zero-order chi connectivity index (χ0) is 13.1. The first-order valence-electron chi connectivity index (χ1n) is 6.04. The summed E-state index contributed by atoms with van der Waals surface area (Å²) in [7, 11) is 0. The number of carbonyl (C=O) groups excluding carboxylic acids is 1. The van der Waals surface area contributed by atoms with E-state index < -0.39 is 17.2 Å². The van der Waals surface area contributed by atoms with Crippen LogP contribution < -0.4 is 0 Å². The van der Waals surface area contributed by atoms with Crippen molar-refractivity contribution in [3.05, 3.63) is 0 Å². The standard InChI is InChI=1S/C14H20O3/c1-6-13-8-7-12(5,11(13,3)4)14(16,9-13)17-10(2)15/h1,16H,7-9H2,2-5H3/t12-,13-,14-/m1/s1. The number of hydrogen-bond donors (Lipinski definition) is 1. The lowest BCUT2D eigenvalue weighted by molar-refractivity contribution is -0.259. The molecular formula is C14H20O3. The quantitative estimate of drug-likeness (QED) is 0.431. The summed E-state index contributed by atoms with van der Waals surface area (Å²) in [5.74, 6) is 0.983. The maximum atomic E-state index is 11.2. The molecule has 0 aromatic heterocycles. The summed E-state index contributed by atoms with van der Waals surface area (Å²) < 4.78 is 5.22. The molecule has 0 saturated heterocycles. The minimum Gasteiger partial charge on any atom is -0.433 e. The molecule has 0 aromatic rings. The number of ether oxygens (including phenoxy) is 1. The van der Waals surface area contributed by atoms with Crippen LogP contribution in [0.25, 0.3) is 0 Å². The number of aliphatic hydroxyl groups is 1. The lowest BCUT2D eigenvalue weighted by atomic mass is 9.65. The number of carbonyl (C=O) groups is 1. The van der Waals surface area contributed by atoms with Gasteiger partial charge in [-0.05, 0) is 18.3 Å². The summed E-state index contributed by atoms with van der Waals surface area (Å²) in [5.41, 5.74) is -1.08. The minimum atomic E-state index is -1.42. The summed E-state index contributed by atoms with van der Waals surface area (Å²) >= 11 is 0. The summed E-state index contributed by atoms with van der Waals surface area (Å²) in [6.07, 6.45) is 7.71. The summed E-state index contributed by atoms with van der Waals surface area (Å²) in [6.45, 7) is 7.44. The second kappa shape index (κ2) is 3.05. The van der Waals surface area contributed by atoms with Crippen molar-refractivity contribution in [3.8, 4) is 12.3 Å². The van der Waals surface area contributed by atoms with Crippen molar-refractivity contribution < 1.29 is 14.6 Å². The van der Waals surface area contributed by atoms with E-state index in [2.05, 4.69) is 19.8 Å². The second-order valence-electron chi connectivity index (χ2n) is 6.24. The highest BCUT2D eigenvalue weighted by molar-refractivity contribution is 5.66. The molecule has 3 atom stereocenters. The van der Waals surface area contributed by atoms with Crippen molar-refractivity contribution in [2.24, 2.45) is 16.2 Å². The molecule has 0 heterocycles. The molecule has 2 saturated carbocycles. The molecule has 2 bridgehead atoms. The van der Waals surface area contributed by atoms with Gasteiger partial charge >= 0.3 is 5.97 Å². The predicted octanol–water partition coefficient (Wildman–Crippen LogP) is 2.09. The van der Waals surface area contributed by atoms with Crippen LogP contribution >= 0.6 is 0 Å². The van der Waals surface area contributed by atoms with Crippen molar-refractivity contribution in [3.63, 3.8) is 0 Å². The Hall–Kier alpha value is -1.01. The van der Waals surface area contributed by atoms with Crippen molar-refractivity contribution >= 4 is 5.97 Å². The molecular weight excluding hydrogens is 216 g/mol. The molecule has 0 aliphatic heterocycles. The van der Waals surface area contributed by atoms with E-state index in [0.717, 1.165) is 12.8 Å². The van der Waals surface area contributed by atoms with Gasteiger partial charge in [-0.2, -0.15) is 0 Å². The van der Waals surface area contributed by atoms with Crippen LogP contribution in [0.5, 0.6) is 0 Å². The molecule has 2 fully saturated rings. The van der Waals surface area contributed by atoms with Gasteiger partial charge in [-0.3, -0.25) is 4.79 Å². The third-order valence-electron chi connectivity index (χ3n) is 5.62. The van der Waals surface area contributed by atoms with Gasteiger partial charge in [0.05, 0.1) is 0 Å². The van der Waals surface area contributed by atoms with Crippen LogP contribution in [0.4, 0.5) is 0 Å². The van der Waals surface area contributed by atoms with Crippen molar-refractivity contribution in [2.75, 3.05) is 0 Å². The first-order valence-corrected chi connectivity index (χ1v) is 6.04. The zero-order valence-electron chi connectivity index (χ0n) is 11.0. The lowest BCUT2D eigenvalue weighted by Gasteiger charge is -2.43. The zero-order valence-corrected chi connectivity index (χ0v) is 11.0. The number of hydrogen-bond acceptors (Lipinski definition) is 3. The third-order valence-corrected chi connectivity index (χ3v) is 5.62. The van der Waals surface area contributed by atoms with Crippen molar-refractivity contribution in [1.29, 1.82) is 0 Å². The lowest BCUT2D eigenvalue weighted by Crippen LogP contribution is -2.50. The summed E-state index contributed by atoms with van der Waals surface area (Å²) in [4.78, 5) is 11.2. The van der Waals surface area contributed by atoms with E-state index in [1.165, 1.54) is 6.92 Å². The third kappa shape index (κ3) is 1.15. The molecule has 0 amide bonds. The fourth-order valence-corrected chi connectivity index (χ4v) is 3.90. The summed E-state index contributed by atoms with van der Waals surface area (Å²) in [5, 5.41) is 10.7. The average molecular weight is 236 g/mol. The Morgan fingerprint density at radius 1 is 1.35 bits per heavy atom. The topological polar surface area (TPSA) is 46.5 Å². The Kier molecular flexibility index (Phi) is 2.24.